The summed E-state index contributed by atoms with van der Waals surface area (Å²) in [5.41, 5.74) is 0. The lowest BCUT2D eigenvalue weighted by atomic mass is 10.0. The molecule has 0 spiro atoms. The maximum atomic E-state index is 12.9. The van der Waals surface area contributed by atoms with E-state index >= 15 is 0 Å². The largest absolute Gasteiger partial charge is 0.462 e. The van der Waals surface area contributed by atoms with Crippen LogP contribution in [-0.2, 0) is 28.6 Å². The van der Waals surface area contributed by atoms with Crippen LogP contribution in [0, 0.1) is 0 Å². The van der Waals surface area contributed by atoms with Crippen LogP contribution in [0.4, 0.5) is 0 Å². The minimum atomic E-state index is -0.798. The highest BCUT2D eigenvalue weighted by atomic mass is 16.6. The van der Waals surface area contributed by atoms with Gasteiger partial charge in [0.25, 0.3) is 0 Å². The molecular formula is C77H122O6. The van der Waals surface area contributed by atoms with Gasteiger partial charge < -0.3 is 14.2 Å². The Hall–Kier alpha value is -5.23. The minimum absolute atomic E-state index is 0.0936. The number of hydrogen-bond donors (Lipinski definition) is 0. The Balaban J connectivity index is 4.23. The second-order valence-electron chi connectivity index (χ2n) is 21.6. The summed E-state index contributed by atoms with van der Waals surface area (Å²) < 4.78 is 16.8. The first kappa shape index (κ1) is 77.8. The lowest BCUT2D eigenvalue weighted by Crippen LogP contribution is -2.30. The molecule has 0 bridgehead atoms. The fraction of sp³-hybridized carbons (Fsp3) is 0.597. The van der Waals surface area contributed by atoms with Gasteiger partial charge in [0.05, 0.1) is 0 Å². The Morgan fingerprint density at radius 2 is 0.470 bits per heavy atom. The van der Waals surface area contributed by atoms with Gasteiger partial charge in [0.2, 0.25) is 0 Å². The van der Waals surface area contributed by atoms with Crippen LogP contribution < -0.4 is 0 Å². The van der Waals surface area contributed by atoms with Gasteiger partial charge in [-0.2, -0.15) is 0 Å². The smallest absolute Gasteiger partial charge is 0.306 e. The highest BCUT2D eigenvalue weighted by molar-refractivity contribution is 5.71. The molecule has 0 N–H and O–H groups in total. The van der Waals surface area contributed by atoms with Crippen molar-refractivity contribution in [3.63, 3.8) is 0 Å². The topological polar surface area (TPSA) is 78.9 Å². The van der Waals surface area contributed by atoms with Crippen molar-refractivity contribution in [2.45, 2.75) is 284 Å². The van der Waals surface area contributed by atoms with E-state index in [-0.39, 0.29) is 31.1 Å². The molecule has 0 aliphatic heterocycles. The first-order valence-corrected chi connectivity index (χ1v) is 33.6. The van der Waals surface area contributed by atoms with E-state index in [1.807, 2.05) is 0 Å². The molecule has 0 heterocycles. The molecular weight excluding hydrogens is 1020 g/mol. The maximum absolute atomic E-state index is 12.9. The maximum Gasteiger partial charge on any atom is 0.306 e. The number of unbranched alkanes of at least 4 members (excludes halogenated alkanes) is 20. The highest BCUT2D eigenvalue weighted by Gasteiger charge is 2.19. The molecule has 466 valence electrons. The molecule has 0 saturated heterocycles. The van der Waals surface area contributed by atoms with E-state index in [0.717, 1.165) is 167 Å². The zero-order valence-electron chi connectivity index (χ0n) is 53.4. The van der Waals surface area contributed by atoms with Crippen molar-refractivity contribution in [3.8, 4) is 0 Å². The van der Waals surface area contributed by atoms with Gasteiger partial charge in [0, 0.05) is 19.3 Å². The molecule has 6 heteroatoms. The van der Waals surface area contributed by atoms with Gasteiger partial charge in [-0.3, -0.25) is 14.4 Å². The molecule has 6 nitrogen and oxygen atoms in total. The predicted molar refractivity (Wildman–Crippen MR) is 361 cm³/mol. The number of ether oxygens (including phenoxy) is 3. The Morgan fingerprint density at radius 3 is 0.735 bits per heavy atom. The molecule has 1 unspecified atom stereocenters. The fourth-order valence-electron chi connectivity index (χ4n) is 8.76. The summed E-state index contributed by atoms with van der Waals surface area (Å²) in [5, 5.41) is 0. The first-order chi connectivity index (χ1) is 41.0. The molecule has 0 aromatic rings. The number of carbonyl (C=O) groups excluding carboxylic acids is 3. The van der Waals surface area contributed by atoms with Crippen LogP contribution in [0.15, 0.2) is 170 Å². The lowest BCUT2D eigenvalue weighted by molar-refractivity contribution is -0.167. The van der Waals surface area contributed by atoms with Gasteiger partial charge in [-0.25, -0.2) is 0 Å². The molecule has 0 aliphatic rings. The van der Waals surface area contributed by atoms with Crippen LogP contribution in [0.1, 0.15) is 278 Å². The standard InChI is InChI=1S/C77H122O6/c1-4-7-10-13-16-18-20-22-24-26-28-30-32-34-36-38-40-42-44-46-48-50-52-54-56-58-61-64-67-70-76(79)82-73-74(72-81-75(78)69-66-63-60-15-12-9-6-3)83-77(80)71-68-65-62-59-57-55-53-51-49-47-45-43-41-39-37-35-33-31-29-27-25-23-21-19-17-14-11-8-5-2/h7-8,10-11,16-19,22-25,28-31,34-37,40-43,46,48,52,54,74H,4-6,9,12-15,20-21,26-27,32-33,38-39,44-45,47,49-51,53,55-73H2,1-3H3/b10-7-,11-8-,18-16-,19-17-,24-22-,25-23-,30-28-,31-29-,36-34-,37-35-,42-40-,43-41-,48-46-,54-52-. The summed E-state index contributed by atoms with van der Waals surface area (Å²) in [7, 11) is 0. The number of allylic oxidation sites excluding steroid dienone is 28. The molecule has 0 aliphatic carbocycles. The van der Waals surface area contributed by atoms with Gasteiger partial charge in [-0.1, -0.05) is 294 Å². The Labute approximate surface area is 511 Å². The molecule has 0 aromatic carbocycles. The third-order valence-electron chi connectivity index (χ3n) is 13.7. The van der Waals surface area contributed by atoms with E-state index in [4.69, 9.17) is 14.2 Å². The van der Waals surface area contributed by atoms with Crippen LogP contribution in [0.25, 0.3) is 0 Å². The minimum Gasteiger partial charge on any atom is -0.462 e. The summed E-state index contributed by atoms with van der Waals surface area (Å²) in [6.45, 7) is 6.34. The van der Waals surface area contributed by atoms with Gasteiger partial charge in [0.1, 0.15) is 13.2 Å². The van der Waals surface area contributed by atoms with Crippen LogP contribution in [-0.4, -0.2) is 37.2 Å². The van der Waals surface area contributed by atoms with Crippen LogP contribution >= 0.6 is 0 Å². The fourth-order valence-corrected chi connectivity index (χ4v) is 8.76. The zero-order chi connectivity index (χ0) is 59.9. The van der Waals surface area contributed by atoms with Crippen molar-refractivity contribution in [2.24, 2.45) is 0 Å². The molecule has 0 rings (SSSR count). The molecule has 0 amide bonds. The first-order valence-electron chi connectivity index (χ1n) is 33.6. The van der Waals surface area contributed by atoms with Gasteiger partial charge in [-0.15, -0.1) is 0 Å². The van der Waals surface area contributed by atoms with E-state index in [1.165, 1.54) is 70.6 Å². The van der Waals surface area contributed by atoms with Crippen molar-refractivity contribution in [2.75, 3.05) is 13.2 Å². The molecule has 0 aromatic heterocycles. The predicted octanol–water partition coefficient (Wildman–Crippen LogP) is 23.4. The van der Waals surface area contributed by atoms with E-state index in [9.17, 15) is 14.4 Å². The number of rotatable bonds is 59. The van der Waals surface area contributed by atoms with Crippen molar-refractivity contribution in [3.05, 3.63) is 170 Å². The third kappa shape index (κ3) is 67.4. The molecule has 83 heavy (non-hydrogen) atoms. The molecule has 0 radical (unpaired) electrons. The van der Waals surface area contributed by atoms with Crippen molar-refractivity contribution < 1.29 is 28.6 Å². The molecule has 0 saturated carbocycles. The summed E-state index contributed by atoms with van der Waals surface area (Å²) in [6.07, 6.45) is 102. The van der Waals surface area contributed by atoms with E-state index < -0.39 is 6.10 Å². The summed E-state index contributed by atoms with van der Waals surface area (Å²) >= 11 is 0. The molecule has 0 fully saturated rings. The van der Waals surface area contributed by atoms with Gasteiger partial charge in [-0.05, 0) is 135 Å². The SMILES string of the molecule is CC/C=C\C/C=C\C/C=C\C/C=C\C/C=C\C/C=C\C/C=C\C/C=C\CCCCCCC(=O)OCC(COC(=O)CCCCCCCCC)OC(=O)CCCCCCCCCCCC/C=C\C/C=C\C/C=C\C/C=C\C/C=C\C/C=C\CC. The second-order valence-corrected chi connectivity index (χ2v) is 21.6. The van der Waals surface area contributed by atoms with Crippen LogP contribution in [0.3, 0.4) is 0 Å². The van der Waals surface area contributed by atoms with Crippen molar-refractivity contribution in [1.29, 1.82) is 0 Å². The normalized spacial score (nSPS) is 13.2. The average molecular weight is 1140 g/mol. The summed E-state index contributed by atoms with van der Waals surface area (Å²) in [6, 6.07) is 0. The lowest BCUT2D eigenvalue weighted by Gasteiger charge is -2.18. The van der Waals surface area contributed by atoms with Gasteiger partial charge >= 0.3 is 17.9 Å². The number of hydrogen-bond acceptors (Lipinski definition) is 6. The summed E-state index contributed by atoms with van der Waals surface area (Å²) in [4.78, 5) is 38.2. The Morgan fingerprint density at radius 1 is 0.253 bits per heavy atom. The van der Waals surface area contributed by atoms with Crippen molar-refractivity contribution >= 4 is 17.9 Å². The highest BCUT2D eigenvalue weighted by Crippen LogP contribution is 2.15. The second kappa shape index (κ2) is 69.3. The number of esters is 3. The quantitative estimate of drug-likeness (QED) is 0.0261. The van der Waals surface area contributed by atoms with Crippen molar-refractivity contribution in [1.82, 2.24) is 0 Å². The Bertz CT molecular complexity index is 1890. The van der Waals surface area contributed by atoms with E-state index in [0.29, 0.717) is 19.3 Å². The van der Waals surface area contributed by atoms with Crippen LogP contribution in [0.5, 0.6) is 0 Å². The number of carbonyl (C=O) groups is 3. The summed E-state index contributed by atoms with van der Waals surface area (Å²) in [5.74, 6) is -0.934. The molecule has 1 atom stereocenters. The Kier molecular flexibility index (Phi) is 64.9. The van der Waals surface area contributed by atoms with E-state index in [2.05, 4.69) is 191 Å². The monoisotopic (exact) mass is 1140 g/mol. The van der Waals surface area contributed by atoms with Gasteiger partial charge in [0.15, 0.2) is 6.10 Å². The third-order valence-corrected chi connectivity index (χ3v) is 13.7. The average Bonchev–Trinajstić information content (AvgIpc) is 3.49. The van der Waals surface area contributed by atoms with E-state index in [1.54, 1.807) is 0 Å². The zero-order valence-corrected chi connectivity index (χ0v) is 53.4. The van der Waals surface area contributed by atoms with Crippen LogP contribution in [0.2, 0.25) is 0 Å².